The van der Waals surface area contributed by atoms with Crippen molar-refractivity contribution >= 4 is 44.3 Å². The molecule has 0 aliphatic rings. The monoisotopic (exact) mass is 448 g/mol. The van der Waals surface area contributed by atoms with Crippen LogP contribution in [-0.4, -0.2) is 26.6 Å². The highest BCUT2D eigenvalue weighted by Gasteiger charge is 2.13. The molecule has 0 aliphatic heterocycles. The van der Waals surface area contributed by atoms with Crippen molar-refractivity contribution in [1.29, 1.82) is 0 Å². The van der Waals surface area contributed by atoms with Crippen LogP contribution in [0.3, 0.4) is 0 Å². The van der Waals surface area contributed by atoms with Crippen molar-refractivity contribution in [1.82, 2.24) is 19.5 Å². The van der Waals surface area contributed by atoms with Gasteiger partial charge in [0.25, 0.3) is 5.56 Å². The van der Waals surface area contributed by atoms with E-state index in [2.05, 4.69) is 22.5 Å². The first-order valence-electron chi connectivity index (χ1n) is 9.91. The Hall–Kier alpha value is -3.10. The van der Waals surface area contributed by atoms with Crippen LogP contribution in [0.4, 0.5) is 0 Å². The number of benzene rings is 2. The van der Waals surface area contributed by atoms with E-state index in [0.29, 0.717) is 16.3 Å². The summed E-state index contributed by atoms with van der Waals surface area (Å²) in [5.74, 6) is 2.00. The number of nitrogens with one attached hydrogen (secondary N) is 1. The lowest BCUT2D eigenvalue weighted by molar-refractivity contribution is 0.415. The maximum absolute atomic E-state index is 12.7. The van der Waals surface area contributed by atoms with Crippen LogP contribution in [0.1, 0.15) is 12.7 Å². The van der Waals surface area contributed by atoms with Gasteiger partial charge in [-0.1, -0.05) is 23.9 Å². The van der Waals surface area contributed by atoms with Gasteiger partial charge in [-0.15, -0.1) is 11.3 Å². The van der Waals surface area contributed by atoms with Crippen LogP contribution >= 0.6 is 23.1 Å². The van der Waals surface area contributed by atoms with Crippen molar-refractivity contribution in [2.45, 2.75) is 24.4 Å². The van der Waals surface area contributed by atoms with Crippen molar-refractivity contribution in [3.63, 3.8) is 0 Å². The number of para-hydroxylation sites is 2. The van der Waals surface area contributed by atoms with Gasteiger partial charge >= 0.3 is 0 Å². The number of thiophene rings is 1. The van der Waals surface area contributed by atoms with Gasteiger partial charge in [0.1, 0.15) is 16.3 Å². The van der Waals surface area contributed by atoms with E-state index >= 15 is 0 Å². The molecule has 0 bridgehead atoms. The summed E-state index contributed by atoms with van der Waals surface area (Å²) in [6.45, 7) is 2.94. The molecule has 0 aliphatic carbocycles. The van der Waals surface area contributed by atoms with Gasteiger partial charge in [-0.25, -0.2) is 9.97 Å². The molecular formula is C23H20N4O2S2. The molecule has 5 aromatic rings. The molecule has 0 atom stereocenters. The SMILES string of the molecule is CCn1c(SCc2nc3cc(-c4ccc(OC)cc4)sc3c(=O)[nH]2)nc2ccccc21. The highest BCUT2D eigenvalue weighted by Crippen LogP contribution is 2.32. The Labute approximate surface area is 186 Å². The Balaban J connectivity index is 1.44. The zero-order chi connectivity index (χ0) is 21.4. The third kappa shape index (κ3) is 3.73. The van der Waals surface area contributed by atoms with E-state index in [1.165, 1.54) is 11.3 Å². The van der Waals surface area contributed by atoms with E-state index < -0.39 is 0 Å². The maximum atomic E-state index is 12.7. The molecule has 6 nitrogen and oxygen atoms in total. The largest absolute Gasteiger partial charge is 0.497 e. The molecule has 0 unspecified atom stereocenters. The second-order valence-electron chi connectivity index (χ2n) is 6.98. The molecule has 0 spiro atoms. The second-order valence-corrected chi connectivity index (χ2v) is 8.98. The van der Waals surface area contributed by atoms with Crippen LogP contribution in [0.2, 0.25) is 0 Å². The topological polar surface area (TPSA) is 72.8 Å². The Bertz CT molecular complexity index is 1430. The molecule has 0 radical (unpaired) electrons. The summed E-state index contributed by atoms with van der Waals surface area (Å²) in [5, 5.41) is 0.927. The number of methoxy groups -OCH3 is 1. The van der Waals surface area contributed by atoms with E-state index in [0.717, 1.165) is 44.4 Å². The number of aromatic amines is 1. The fourth-order valence-corrected chi connectivity index (χ4v) is 5.50. The van der Waals surface area contributed by atoms with Gasteiger partial charge < -0.3 is 14.3 Å². The number of nitrogens with zero attached hydrogens (tertiary/aromatic N) is 3. The second kappa shape index (κ2) is 8.20. The number of fused-ring (bicyclic) bond motifs is 2. The van der Waals surface area contributed by atoms with E-state index in [-0.39, 0.29) is 5.56 Å². The van der Waals surface area contributed by atoms with Crippen molar-refractivity contribution in [3.8, 4) is 16.2 Å². The number of ether oxygens (including phenoxy) is 1. The van der Waals surface area contributed by atoms with Gasteiger partial charge in [-0.3, -0.25) is 4.79 Å². The zero-order valence-electron chi connectivity index (χ0n) is 17.1. The van der Waals surface area contributed by atoms with Crippen molar-refractivity contribution in [2.75, 3.05) is 7.11 Å². The summed E-state index contributed by atoms with van der Waals surface area (Å²) >= 11 is 3.04. The summed E-state index contributed by atoms with van der Waals surface area (Å²) in [6, 6.07) is 17.9. The molecule has 2 aromatic carbocycles. The van der Waals surface area contributed by atoms with E-state index in [9.17, 15) is 4.79 Å². The number of imidazole rings is 1. The van der Waals surface area contributed by atoms with E-state index in [1.807, 2.05) is 48.5 Å². The molecule has 8 heteroatoms. The summed E-state index contributed by atoms with van der Waals surface area (Å²) in [6.07, 6.45) is 0. The normalized spacial score (nSPS) is 11.4. The van der Waals surface area contributed by atoms with Crippen molar-refractivity contribution in [2.24, 2.45) is 0 Å². The quantitative estimate of drug-likeness (QED) is 0.356. The van der Waals surface area contributed by atoms with Gasteiger partial charge in [-0.05, 0) is 55.0 Å². The number of H-pyrrole nitrogens is 1. The average Bonchev–Trinajstić information content (AvgIpc) is 3.39. The molecule has 1 N–H and O–H groups in total. The predicted octanol–water partition coefficient (Wildman–Crippen LogP) is 5.32. The molecule has 31 heavy (non-hydrogen) atoms. The Morgan fingerprint density at radius 2 is 1.90 bits per heavy atom. The van der Waals surface area contributed by atoms with Gasteiger partial charge in [0.2, 0.25) is 0 Å². The minimum absolute atomic E-state index is 0.102. The summed E-state index contributed by atoms with van der Waals surface area (Å²) in [4.78, 5) is 26.1. The fraction of sp³-hybridized carbons (Fsp3) is 0.174. The molecule has 0 saturated carbocycles. The van der Waals surface area contributed by atoms with Crippen LogP contribution in [0.15, 0.2) is 64.5 Å². The van der Waals surface area contributed by atoms with Crippen LogP contribution in [-0.2, 0) is 12.3 Å². The molecule has 156 valence electrons. The minimum atomic E-state index is -0.102. The summed E-state index contributed by atoms with van der Waals surface area (Å²) < 4.78 is 8.05. The van der Waals surface area contributed by atoms with Gasteiger partial charge in [0, 0.05) is 11.4 Å². The highest BCUT2D eigenvalue weighted by atomic mass is 32.2. The molecule has 0 amide bonds. The highest BCUT2D eigenvalue weighted by molar-refractivity contribution is 7.98. The standard InChI is InChI=1S/C23H20N4O2S2/c1-3-27-18-7-5-4-6-16(18)25-23(27)30-13-20-24-17-12-19(31-21(17)22(28)26-20)14-8-10-15(29-2)11-9-14/h4-12H,3,13H2,1-2H3,(H,24,26,28). The summed E-state index contributed by atoms with van der Waals surface area (Å²) in [7, 11) is 1.65. The number of aromatic nitrogens is 4. The number of hydrogen-bond acceptors (Lipinski definition) is 6. The Morgan fingerprint density at radius 3 is 2.68 bits per heavy atom. The first-order chi connectivity index (χ1) is 15.2. The van der Waals surface area contributed by atoms with Gasteiger partial charge in [-0.2, -0.15) is 0 Å². The Kier molecular flexibility index (Phi) is 5.25. The predicted molar refractivity (Wildman–Crippen MR) is 127 cm³/mol. The third-order valence-electron chi connectivity index (χ3n) is 5.08. The van der Waals surface area contributed by atoms with Crippen LogP contribution < -0.4 is 10.3 Å². The van der Waals surface area contributed by atoms with Crippen LogP contribution in [0, 0.1) is 0 Å². The summed E-state index contributed by atoms with van der Waals surface area (Å²) in [5.41, 5.74) is 3.75. The minimum Gasteiger partial charge on any atom is -0.497 e. The van der Waals surface area contributed by atoms with Gasteiger partial charge in [0.15, 0.2) is 5.16 Å². The molecule has 5 rings (SSSR count). The molecule has 3 aromatic heterocycles. The third-order valence-corrected chi connectivity index (χ3v) is 7.24. The number of hydrogen-bond donors (Lipinski definition) is 1. The smallest absolute Gasteiger partial charge is 0.268 e. The number of thioether (sulfide) groups is 1. The van der Waals surface area contributed by atoms with E-state index in [1.54, 1.807) is 18.9 Å². The first kappa shape index (κ1) is 19.8. The van der Waals surface area contributed by atoms with Crippen molar-refractivity contribution < 1.29 is 4.74 Å². The van der Waals surface area contributed by atoms with Crippen molar-refractivity contribution in [3.05, 3.63) is 70.8 Å². The van der Waals surface area contributed by atoms with Crippen LogP contribution in [0.5, 0.6) is 5.75 Å². The lowest BCUT2D eigenvalue weighted by atomic mass is 10.2. The molecule has 0 saturated heterocycles. The molecule has 0 fully saturated rings. The zero-order valence-corrected chi connectivity index (χ0v) is 18.7. The number of aryl methyl sites for hydroxylation is 1. The van der Waals surface area contributed by atoms with E-state index in [4.69, 9.17) is 14.7 Å². The Morgan fingerprint density at radius 1 is 1.10 bits per heavy atom. The molecular weight excluding hydrogens is 428 g/mol. The lowest BCUT2D eigenvalue weighted by Crippen LogP contribution is -2.09. The first-order valence-corrected chi connectivity index (χ1v) is 11.7. The number of rotatable bonds is 6. The fourth-order valence-electron chi connectivity index (χ4n) is 3.56. The van der Waals surface area contributed by atoms with Crippen LogP contribution in [0.25, 0.3) is 31.7 Å². The maximum Gasteiger partial charge on any atom is 0.268 e. The average molecular weight is 449 g/mol. The van der Waals surface area contributed by atoms with Gasteiger partial charge in [0.05, 0.1) is 29.4 Å². The lowest BCUT2D eigenvalue weighted by Gasteiger charge is -2.05. The molecule has 3 heterocycles.